The molecule has 0 saturated carbocycles. The summed E-state index contributed by atoms with van der Waals surface area (Å²) >= 11 is 0. The average molecular weight is 202 g/mol. The lowest BCUT2D eigenvalue weighted by atomic mass is 10.5. The van der Waals surface area contributed by atoms with E-state index < -0.39 is 9.84 Å². The number of nitrogens with zero attached hydrogens (tertiary/aromatic N) is 2. The van der Waals surface area contributed by atoms with E-state index in [9.17, 15) is 13.2 Å². The highest BCUT2D eigenvalue weighted by Gasteiger charge is 2.11. The third-order valence-corrected chi connectivity index (χ3v) is 2.68. The molecular formula is C7H10N2O3S. The van der Waals surface area contributed by atoms with Crippen molar-refractivity contribution in [1.29, 1.82) is 0 Å². The van der Waals surface area contributed by atoms with E-state index in [1.807, 2.05) is 0 Å². The Balaban J connectivity index is 3.56. The van der Waals surface area contributed by atoms with Crippen molar-refractivity contribution in [3.05, 3.63) is 22.2 Å². The first kappa shape index (κ1) is 9.91. The van der Waals surface area contributed by atoms with Gasteiger partial charge in [0.05, 0.1) is 0 Å². The van der Waals surface area contributed by atoms with Crippen molar-refractivity contribution >= 4 is 9.84 Å². The Morgan fingerprint density at radius 3 is 2.38 bits per heavy atom. The van der Waals surface area contributed by atoms with Gasteiger partial charge in [-0.05, 0) is 6.92 Å². The van der Waals surface area contributed by atoms with Crippen molar-refractivity contribution in [2.24, 2.45) is 7.05 Å². The zero-order valence-electron chi connectivity index (χ0n) is 7.60. The van der Waals surface area contributed by atoms with Crippen molar-refractivity contribution in [1.82, 2.24) is 9.55 Å². The molecule has 1 aromatic rings. The van der Waals surface area contributed by atoms with E-state index >= 15 is 0 Å². The quantitative estimate of drug-likeness (QED) is 0.575. The van der Waals surface area contributed by atoms with Gasteiger partial charge in [0.25, 0.3) is 5.56 Å². The fraction of sp³-hybridized carbons (Fsp3) is 0.429. The van der Waals surface area contributed by atoms with E-state index in [-0.39, 0.29) is 10.6 Å². The lowest BCUT2D eigenvalue weighted by Gasteiger charge is -2.03. The summed E-state index contributed by atoms with van der Waals surface area (Å²) in [5.74, 6) is 0.382. The van der Waals surface area contributed by atoms with Gasteiger partial charge >= 0.3 is 0 Å². The molecule has 0 atom stereocenters. The Bertz CT molecular complexity index is 487. The number of hydrogen-bond acceptors (Lipinski definition) is 4. The van der Waals surface area contributed by atoms with Gasteiger partial charge in [0.1, 0.15) is 5.82 Å². The molecule has 5 nitrogen and oxygen atoms in total. The normalized spacial score (nSPS) is 11.6. The Kier molecular flexibility index (Phi) is 2.25. The Hall–Kier alpha value is -1.17. The number of rotatable bonds is 1. The summed E-state index contributed by atoms with van der Waals surface area (Å²) < 4.78 is 23.4. The fourth-order valence-electron chi connectivity index (χ4n) is 0.819. The first-order valence-electron chi connectivity index (χ1n) is 3.57. The van der Waals surface area contributed by atoms with E-state index in [2.05, 4.69) is 4.98 Å². The minimum absolute atomic E-state index is 0.173. The summed E-state index contributed by atoms with van der Waals surface area (Å²) in [6.07, 6.45) is 1.02. The summed E-state index contributed by atoms with van der Waals surface area (Å²) in [6, 6.07) is 1.02. The molecule has 0 saturated heterocycles. The second kappa shape index (κ2) is 2.95. The molecule has 0 N–H and O–H groups in total. The molecule has 0 aliphatic heterocycles. The second-order valence-corrected chi connectivity index (χ2v) is 4.77. The largest absolute Gasteiger partial charge is 0.300 e. The molecule has 1 rings (SSSR count). The molecule has 0 aliphatic rings. The van der Waals surface area contributed by atoms with Gasteiger partial charge in [0, 0.05) is 19.4 Å². The Morgan fingerprint density at radius 1 is 1.46 bits per heavy atom. The Labute approximate surface area is 76.0 Å². The third-order valence-electron chi connectivity index (χ3n) is 1.71. The van der Waals surface area contributed by atoms with Crippen LogP contribution in [0.15, 0.2) is 15.9 Å². The number of sulfone groups is 1. The first-order chi connectivity index (χ1) is 5.82. The molecule has 13 heavy (non-hydrogen) atoms. The molecule has 0 unspecified atom stereocenters. The predicted molar refractivity (Wildman–Crippen MR) is 47.3 cm³/mol. The monoisotopic (exact) mass is 202 g/mol. The lowest BCUT2D eigenvalue weighted by molar-refractivity contribution is 0.594. The summed E-state index contributed by atoms with van der Waals surface area (Å²) in [5.41, 5.74) is -0.368. The lowest BCUT2D eigenvalue weighted by Crippen LogP contribution is -2.21. The predicted octanol–water partition coefficient (Wildman–Crippen LogP) is -0.508. The Morgan fingerprint density at radius 2 is 2.00 bits per heavy atom. The van der Waals surface area contributed by atoms with Crippen molar-refractivity contribution in [2.75, 3.05) is 6.26 Å². The summed E-state index contributed by atoms with van der Waals surface area (Å²) in [5, 5.41) is -0.173. The van der Waals surface area contributed by atoms with Gasteiger partial charge in [0.15, 0.2) is 14.9 Å². The second-order valence-electron chi connectivity index (χ2n) is 2.81. The minimum atomic E-state index is -3.39. The minimum Gasteiger partial charge on any atom is -0.300 e. The third kappa shape index (κ3) is 1.95. The van der Waals surface area contributed by atoms with Crippen LogP contribution in [0.4, 0.5) is 0 Å². The highest BCUT2D eigenvalue weighted by molar-refractivity contribution is 7.90. The van der Waals surface area contributed by atoms with Crippen molar-refractivity contribution in [2.45, 2.75) is 11.9 Å². The van der Waals surface area contributed by atoms with Crippen LogP contribution in [-0.2, 0) is 16.9 Å². The number of aromatic nitrogens is 2. The van der Waals surface area contributed by atoms with Crippen LogP contribution in [0.5, 0.6) is 0 Å². The SMILES string of the molecule is Cc1nc(S(C)(=O)=O)cc(=O)n1C. The van der Waals surface area contributed by atoms with Gasteiger partial charge in [-0.15, -0.1) is 0 Å². The van der Waals surface area contributed by atoms with E-state index in [1.54, 1.807) is 6.92 Å². The van der Waals surface area contributed by atoms with Crippen LogP contribution in [0.2, 0.25) is 0 Å². The molecule has 0 fully saturated rings. The fourth-order valence-corrected chi connectivity index (χ4v) is 1.43. The highest BCUT2D eigenvalue weighted by Crippen LogP contribution is 2.01. The van der Waals surface area contributed by atoms with Crippen LogP contribution in [0.25, 0.3) is 0 Å². The maximum atomic E-state index is 11.2. The van der Waals surface area contributed by atoms with E-state index in [0.717, 1.165) is 12.3 Å². The highest BCUT2D eigenvalue weighted by atomic mass is 32.2. The smallest absolute Gasteiger partial charge is 0.254 e. The molecule has 1 heterocycles. The van der Waals surface area contributed by atoms with Crippen molar-refractivity contribution in [3.8, 4) is 0 Å². The van der Waals surface area contributed by atoms with Crippen LogP contribution in [-0.4, -0.2) is 24.2 Å². The van der Waals surface area contributed by atoms with Crippen LogP contribution in [0, 0.1) is 6.92 Å². The molecule has 72 valence electrons. The van der Waals surface area contributed by atoms with Gasteiger partial charge < -0.3 is 0 Å². The molecule has 0 bridgehead atoms. The van der Waals surface area contributed by atoms with Gasteiger partial charge in [-0.3, -0.25) is 9.36 Å². The number of aryl methyl sites for hydroxylation is 1. The maximum absolute atomic E-state index is 11.2. The van der Waals surface area contributed by atoms with Crippen molar-refractivity contribution < 1.29 is 8.42 Å². The maximum Gasteiger partial charge on any atom is 0.254 e. The van der Waals surface area contributed by atoms with Gasteiger partial charge in [0.2, 0.25) is 0 Å². The standard InChI is InChI=1S/C7H10N2O3S/c1-5-8-6(13(3,11)12)4-7(10)9(5)2/h4H,1-3H3. The molecule has 6 heteroatoms. The summed E-state index contributed by atoms with van der Waals surface area (Å²) in [7, 11) is -1.85. The summed E-state index contributed by atoms with van der Waals surface area (Å²) in [6.45, 7) is 1.58. The molecule has 0 aliphatic carbocycles. The van der Waals surface area contributed by atoms with E-state index in [4.69, 9.17) is 0 Å². The van der Waals surface area contributed by atoms with E-state index in [1.165, 1.54) is 11.6 Å². The zero-order valence-corrected chi connectivity index (χ0v) is 8.42. The van der Waals surface area contributed by atoms with Crippen LogP contribution < -0.4 is 5.56 Å². The molecule has 0 spiro atoms. The zero-order chi connectivity index (χ0) is 10.2. The van der Waals surface area contributed by atoms with Crippen molar-refractivity contribution in [3.63, 3.8) is 0 Å². The first-order valence-corrected chi connectivity index (χ1v) is 5.46. The topological polar surface area (TPSA) is 69.0 Å². The van der Waals surface area contributed by atoms with Crippen LogP contribution in [0.3, 0.4) is 0 Å². The molecule has 0 aromatic carbocycles. The summed E-state index contributed by atoms with van der Waals surface area (Å²) in [4.78, 5) is 14.9. The van der Waals surface area contributed by atoms with E-state index in [0.29, 0.717) is 5.82 Å². The van der Waals surface area contributed by atoms with Gasteiger partial charge in [-0.2, -0.15) is 0 Å². The van der Waals surface area contributed by atoms with Crippen LogP contribution >= 0.6 is 0 Å². The molecule has 1 aromatic heterocycles. The molecule has 0 radical (unpaired) electrons. The molecular weight excluding hydrogens is 192 g/mol. The van der Waals surface area contributed by atoms with Gasteiger partial charge in [-0.1, -0.05) is 0 Å². The average Bonchev–Trinajstić information content (AvgIpc) is 1.97. The van der Waals surface area contributed by atoms with Crippen LogP contribution in [0.1, 0.15) is 5.82 Å². The molecule has 0 amide bonds. The number of hydrogen-bond donors (Lipinski definition) is 0. The van der Waals surface area contributed by atoms with Gasteiger partial charge in [-0.25, -0.2) is 13.4 Å².